The molecular formula is C20H21F5N5O2S+. The zero-order chi connectivity index (χ0) is 23.8. The maximum Gasteiger partial charge on any atom is 0.420 e. The minimum absolute atomic E-state index is 0.113. The lowest BCUT2D eigenvalue weighted by Crippen LogP contribution is -2.33. The number of rotatable bonds is 6. The van der Waals surface area contributed by atoms with Crippen LogP contribution in [0.1, 0.15) is 59.8 Å². The molecule has 7 nitrogen and oxygen atoms in total. The van der Waals surface area contributed by atoms with E-state index in [9.17, 15) is 32.0 Å². The largest absolute Gasteiger partial charge is 0.420 e. The predicted molar refractivity (Wildman–Crippen MR) is 106 cm³/mol. The van der Waals surface area contributed by atoms with Crippen molar-refractivity contribution in [3.8, 4) is 0 Å². The first-order valence-corrected chi connectivity index (χ1v) is 11.3. The van der Waals surface area contributed by atoms with Crippen LogP contribution in [-0.4, -0.2) is 26.8 Å². The minimum atomic E-state index is -4.84. The van der Waals surface area contributed by atoms with E-state index < -0.39 is 47.0 Å². The van der Waals surface area contributed by atoms with E-state index in [2.05, 4.69) is 10.4 Å². The van der Waals surface area contributed by atoms with Crippen molar-refractivity contribution in [3.05, 3.63) is 35.3 Å². The number of carbonyl (C=O) groups excluding carboxylic acids is 1. The zero-order valence-electron chi connectivity index (χ0n) is 17.2. The van der Waals surface area contributed by atoms with Crippen LogP contribution >= 0.6 is 11.9 Å². The van der Waals surface area contributed by atoms with Crippen LogP contribution in [0.4, 0.5) is 27.6 Å². The quantitative estimate of drug-likeness (QED) is 0.247. The van der Waals surface area contributed by atoms with E-state index in [0.29, 0.717) is 35.9 Å². The first kappa shape index (κ1) is 22.4. The van der Waals surface area contributed by atoms with Gasteiger partial charge < -0.3 is 5.32 Å². The third-order valence-corrected chi connectivity index (χ3v) is 7.25. The van der Waals surface area contributed by atoms with Crippen molar-refractivity contribution in [2.45, 2.75) is 61.7 Å². The fourth-order valence-corrected chi connectivity index (χ4v) is 5.37. The molecule has 0 saturated heterocycles. The van der Waals surface area contributed by atoms with Crippen LogP contribution in [0.15, 0.2) is 23.4 Å². The normalized spacial score (nSPS) is 25.7. The molecule has 0 radical (unpaired) electrons. The standard InChI is InChI=1S/C20H20F5N5O2S/c21-19(22)7-11-6-18(11,8-19)9-29-16(14(20(23,24)25)15(28-29)10-1-2-10)17(31)27-12-3-4-30(32)13(5-12)33-26/h3-5,10-11,32H,1-2,6-9,26H2/p+1. The first-order chi connectivity index (χ1) is 15.4. The number of amides is 1. The number of hydrogen-bond donors (Lipinski definition) is 3. The van der Waals surface area contributed by atoms with Gasteiger partial charge in [0.1, 0.15) is 11.3 Å². The van der Waals surface area contributed by atoms with Crippen molar-refractivity contribution in [2.24, 2.45) is 16.5 Å². The highest BCUT2D eigenvalue weighted by atomic mass is 32.2. The zero-order valence-corrected chi connectivity index (χ0v) is 18.0. The number of nitrogens with one attached hydrogen (secondary N) is 1. The molecule has 3 aliphatic carbocycles. The van der Waals surface area contributed by atoms with E-state index in [-0.39, 0.29) is 35.3 Å². The van der Waals surface area contributed by atoms with Crippen LogP contribution in [-0.2, 0) is 12.7 Å². The molecule has 0 aromatic carbocycles. The SMILES string of the molecule is NSc1cc(NC(=O)c2c(C(F)(F)F)c(C3CC3)nn2CC23CC2CC(F)(F)C3)cc[n+]1O. The number of pyridine rings is 1. The number of hydrogen-bond acceptors (Lipinski definition) is 5. The third kappa shape index (κ3) is 4.05. The van der Waals surface area contributed by atoms with Gasteiger partial charge in [-0.15, -0.1) is 0 Å². The summed E-state index contributed by atoms with van der Waals surface area (Å²) in [4.78, 5) is 13.1. The Morgan fingerprint density at radius 3 is 2.67 bits per heavy atom. The molecule has 1 amide bonds. The second-order valence-corrected chi connectivity index (χ2v) is 9.86. The molecule has 4 N–H and O–H groups in total. The van der Waals surface area contributed by atoms with Gasteiger partial charge in [0, 0.05) is 54.1 Å². The summed E-state index contributed by atoms with van der Waals surface area (Å²) in [6.45, 7) is -0.166. The highest BCUT2D eigenvalue weighted by Gasteiger charge is 2.67. The Bertz CT molecular complexity index is 1130. The van der Waals surface area contributed by atoms with Crippen molar-refractivity contribution < 1.29 is 36.7 Å². The second kappa shape index (κ2) is 7.29. The summed E-state index contributed by atoms with van der Waals surface area (Å²) in [7, 11) is 0. The van der Waals surface area contributed by atoms with Gasteiger partial charge >= 0.3 is 11.2 Å². The summed E-state index contributed by atoms with van der Waals surface area (Å²) < 4.78 is 71.9. The molecule has 33 heavy (non-hydrogen) atoms. The Balaban J connectivity index is 1.54. The molecule has 0 bridgehead atoms. The van der Waals surface area contributed by atoms with Crippen LogP contribution in [0.5, 0.6) is 0 Å². The van der Waals surface area contributed by atoms with Gasteiger partial charge in [-0.3, -0.25) is 19.8 Å². The summed E-state index contributed by atoms with van der Waals surface area (Å²) >= 11 is 0.678. The van der Waals surface area contributed by atoms with Crippen LogP contribution in [0.2, 0.25) is 0 Å². The van der Waals surface area contributed by atoms with Gasteiger partial charge in [0.15, 0.2) is 0 Å². The smallest absolute Gasteiger partial charge is 0.320 e. The van der Waals surface area contributed by atoms with Gasteiger partial charge in [-0.05, 0) is 30.6 Å². The summed E-state index contributed by atoms with van der Waals surface area (Å²) in [5.74, 6) is -4.60. The lowest BCUT2D eigenvalue weighted by molar-refractivity contribution is -0.932. The van der Waals surface area contributed by atoms with E-state index in [0.717, 1.165) is 4.68 Å². The molecule has 2 heterocycles. The lowest BCUT2D eigenvalue weighted by Gasteiger charge is -2.18. The maximum absolute atomic E-state index is 14.1. The van der Waals surface area contributed by atoms with Crippen LogP contribution < -0.4 is 15.2 Å². The van der Waals surface area contributed by atoms with Crippen molar-refractivity contribution in [1.82, 2.24) is 9.78 Å². The minimum Gasteiger partial charge on any atom is -0.320 e. The van der Waals surface area contributed by atoms with Gasteiger partial charge in [0.2, 0.25) is 12.1 Å². The monoisotopic (exact) mass is 490 g/mol. The first-order valence-electron chi connectivity index (χ1n) is 10.4. The molecule has 5 rings (SSSR count). The van der Waals surface area contributed by atoms with Gasteiger partial charge in [-0.2, -0.15) is 18.3 Å². The Kier molecular flexibility index (Phi) is 4.95. The summed E-state index contributed by atoms with van der Waals surface area (Å²) in [6.07, 6.45) is -2.84. The van der Waals surface area contributed by atoms with Crippen molar-refractivity contribution >= 4 is 23.5 Å². The topological polar surface area (TPSA) is 97.0 Å². The molecule has 178 valence electrons. The van der Waals surface area contributed by atoms with E-state index in [4.69, 9.17) is 5.14 Å². The summed E-state index contributed by atoms with van der Waals surface area (Å²) in [5, 5.41) is 21.8. The fraction of sp³-hybridized carbons (Fsp3) is 0.550. The number of nitrogens with two attached hydrogens (primary N) is 1. The Morgan fingerprint density at radius 1 is 1.36 bits per heavy atom. The third-order valence-electron chi connectivity index (χ3n) is 6.70. The molecule has 2 atom stereocenters. The molecule has 2 aromatic rings. The van der Waals surface area contributed by atoms with Crippen molar-refractivity contribution in [3.63, 3.8) is 0 Å². The highest BCUT2D eigenvalue weighted by molar-refractivity contribution is 7.96. The van der Waals surface area contributed by atoms with Gasteiger partial charge in [0.05, 0.1) is 11.4 Å². The number of halogens is 5. The Labute approximate surface area is 189 Å². The van der Waals surface area contributed by atoms with Gasteiger partial charge in [0.25, 0.3) is 5.91 Å². The average Bonchev–Trinajstić information content (AvgIpc) is 3.59. The van der Waals surface area contributed by atoms with E-state index >= 15 is 0 Å². The number of aromatic nitrogens is 3. The van der Waals surface area contributed by atoms with Gasteiger partial charge in [-0.1, -0.05) is 0 Å². The van der Waals surface area contributed by atoms with Crippen LogP contribution in [0, 0.1) is 11.3 Å². The van der Waals surface area contributed by atoms with Crippen molar-refractivity contribution in [2.75, 3.05) is 5.32 Å². The number of alkyl halides is 5. The summed E-state index contributed by atoms with van der Waals surface area (Å²) in [6, 6.07) is 2.59. The highest BCUT2D eigenvalue weighted by Crippen LogP contribution is 2.68. The van der Waals surface area contributed by atoms with Gasteiger partial charge in [-0.25, -0.2) is 8.78 Å². The second-order valence-electron chi connectivity index (χ2n) is 9.21. The Morgan fingerprint density at radius 2 is 2.09 bits per heavy atom. The maximum atomic E-state index is 14.1. The molecule has 13 heteroatoms. The lowest BCUT2D eigenvalue weighted by atomic mass is 10.0. The molecule has 2 unspecified atom stereocenters. The molecule has 2 aromatic heterocycles. The van der Waals surface area contributed by atoms with Crippen LogP contribution in [0.25, 0.3) is 0 Å². The van der Waals surface area contributed by atoms with E-state index in [1.807, 2.05) is 0 Å². The predicted octanol–water partition coefficient (Wildman–Crippen LogP) is 3.96. The molecular weight excluding hydrogens is 469 g/mol. The number of nitrogens with zero attached hydrogens (tertiary/aromatic N) is 3. The molecule has 3 saturated carbocycles. The van der Waals surface area contributed by atoms with Crippen LogP contribution in [0.3, 0.4) is 0 Å². The molecule has 3 aliphatic rings. The number of anilines is 1. The number of fused-ring (bicyclic) bond motifs is 1. The summed E-state index contributed by atoms with van der Waals surface area (Å²) in [5.41, 5.74) is -2.72. The Hall–Kier alpha value is -2.41. The molecule has 0 spiro atoms. The van der Waals surface area contributed by atoms with E-state index in [1.54, 1.807) is 0 Å². The molecule has 0 aliphatic heterocycles. The van der Waals surface area contributed by atoms with E-state index in [1.165, 1.54) is 18.3 Å². The van der Waals surface area contributed by atoms with Crippen molar-refractivity contribution in [1.29, 1.82) is 0 Å². The average molecular weight is 490 g/mol. The fourth-order valence-electron chi connectivity index (χ4n) is 5.01. The molecule has 3 fully saturated rings. The number of carbonyl (C=O) groups is 1.